The Morgan fingerprint density at radius 2 is 1.38 bits per heavy atom. The smallest absolute Gasteiger partial charge is 0.181 e. The fourth-order valence-electron chi connectivity index (χ4n) is 6.28. The lowest BCUT2D eigenvalue weighted by Crippen LogP contribution is -2.45. The maximum atomic E-state index is 12.9. The highest BCUT2D eigenvalue weighted by molar-refractivity contribution is 6.04. The predicted molar refractivity (Wildman–Crippen MR) is 186 cm³/mol. The average molecular weight is 615 g/mol. The maximum absolute atomic E-state index is 12.9. The van der Waals surface area contributed by atoms with E-state index in [0.29, 0.717) is 36.0 Å². The van der Waals surface area contributed by atoms with Gasteiger partial charge in [-0.05, 0) is 82.6 Å². The molecule has 2 aliphatic rings. The number of allylic oxidation sites excluding steroid dienone is 15. The fraction of sp³-hybridized carbons (Fsp3) is 0.475. The summed E-state index contributed by atoms with van der Waals surface area (Å²) in [4.78, 5) is 12.9. The van der Waals surface area contributed by atoms with Crippen LogP contribution in [0.1, 0.15) is 88.0 Å². The quantitative estimate of drug-likeness (QED) is 0.124. The lowest BCUT2D eigenvalue weighted by molar-refractivity contribution is -0.111. The molecular weight excluding hydrogens is 560 g/mol. The van der Waals surface area contributed by atoms with Crippen molar-refractivity contribution < 1.29 is 25.2 Å². The standard InChI is InChI=1S/C40H54O5/c1-28(16-12-18-30(3)36(44)23-37-39(7,8)25-34(43)26-40(37,9)45)14-10-11-15-29(2)17-13-19-32(27-41)20-21-35-31(4)22-33(42)24-38(35,5)6/h10-19,23,33-34,41-43,45H,22,24-27H2,1-9H3. The first kappa shape index (κ1) is 37.9. The van der Waals surface area contributed by atoms with Crippen molar-refractivity contribution in [3.63, 3.8) is 0 Å². The van der Waals surface area contributed by atoms with Gasteiger partial charge in [-0.2, -0.15) is 0 Å². The maximum Gasteiger partial charge on any atom is 0.181 e. The molecular formula is C40H54O5. The van der Waals surface area contributed by atoms with E-state index in [1.807, 2.05) is 89.3 Å². The molecule has 244 valence electrons. The molecule has 1 fully saturated rings. The van der Waals surface area contributed by atoms with Gasteiger partial charge in [0.05, 0.1) is 24.4 Å². The normalized spacial score (nSPS) is 27.5. The van der Waals surface area contributed by atoms with Gasteiger partial charge in [0.1, 0.15) is 0 Å². The van der Waals surface area contributed by atoms with Crippen LogP contribution in [0.4, 0.5) is 0 Å². The molecule has 3 atom stereocenters. The molecule has 4 N–H and O–H groups in total. The van der Waals surface area contributed by atoms with Crippen LogP contribution in [0.5, 0.6) is 0 Å². The average Bonchev–Trinajstić information content (AvgIpc) is 2.90. The first-order valence-corrected chi connectivity index (χ1v) is 15.8. The predicted octanol–water partition coefficient (Wildman–Crippen LogP) is 7.34. The highest BCUT2D eigenvalue weighted by Gasteiger charge is 2.44. The Morgan fingerprint density at radius 1 is 0.822 bits per heavy atom. The van der Waals surface area contributed by atoms with Gasteiger partial charge in [-0.15, -0.1) is 0 Å². The van der Waals surface area contributed by atoms with Crippen molar-refractivity contribution in [2.75, 3.05) is 6.61 Å². The highest BCUT2D eigenvalue weighted by atomic mass is 16.3. The second kappa shape index (κ2) is 16.3. The zero-order valence-electron chi connectivity index (χ0n) is 28.7. The van der Waals surface area contributed by atoms with Crippen molar-refractivity contribution in [2.45, 2.75) is 106 Å². The van der Waals surface area contributed by atoms with Crippen molar-refractivity contribution in [2.24, 2.45) is 10.8 Å². The highest BCUT2D eigenvalue weighted by Crippen LogP contribution is 2.46. The number of carbonyl (C=O) groups is 1. The van der Waals surface area contributed by atoms with Crippen LogP contribution in [0.15, 0.2) is 106 Å². The van der Waals surface area contributed by atoms with E-state index in [9.17, 15) is 25.2 Å². The molecule has 0 spiro atoms. The molecule has 0 saturated heterocycles. The Balaban J connectivity index is 2.00. The van der Waals surface area contributed by atoms with Crippen molar-refractivity contribution in [1.29, 1.82) is 0 Å². The van der Waals surface area contributed by atoms with Gasteiger partial charge in [0.2, 0.25) is 0 Å². The molecule has 0 bridgehead atoms. The Bertz CT molecular complexity index is 1410. The fourth-order valence-corrected chi connectivity index (χ4v) is 6.28. The first-order valence-electron chi connectivity index (χ1n) is 15.8. The van der Waals surface area contributed by atoms with Crippen LogP contribution in [-0.4, -0.2) is 50.6 Å². The molecule has 2 rings (SSSR count). The Kier molecular flexibility index (Phi) is 13.8. The van der Waals surface area contributed by atoms with E-state index in [2.05, 4.69) is 25.7 Å². The summed E-state index contributed by atoms with van der Waals surface area (Å²) < 4.78 is 0. The summed E-state index contributed by atoms with van der Waals surface area (Å²) >= 11 is 0. The lowest BCUT2D eigenvalue weighted by Gasteiger charge is -2.45. The molecule has 0 aromatic heterocycles. The summed E-state index contributed by atoms with van der Waals surface area (Å²) in [5.41, 5.74) is 4.20. The third kappa shape index (κ3) is 11.9. The molecule has 0 radical (unpaired) electrons. The summed E-state index contributed by atoms with van der Waals surface area (Å²) in [7, 11) is 0. The van der Waals surface area contributed by atoms with Gasteiger partial charge < -0.3 is 20.4 Å². The van der Waals surface area contributed by atoms with E-state index >= 15 is 0 Å². The van der Waals surface area contributed by atoms with Crippen LogP contribution >= 0.6 is 0 Å². The van der Waals surface area contributed by atoms with E-state index in [4.69, 9.17) is 0 Å². The first-order chi connectivity index (χ1) is 20.9. The van der Waals surface area contributed by atoms with Gasteiger partial charge in [-0.25, -0.2) is 0 Å². The Hall–Kier alpha value is -3.27. The topological polar surface area (TPSA) is 98.0 Å². The van der Waals surface area contributed by atoms with Crippen molar-refractivity contribution in [3.05, 3.63) is 106 Å². The van der Waals surface area contributed by atoms with E-state index in [1.54, 1.807) is 19.9 Å². The van der Waals surface area contributed by atoms with Gasteiger partial charge in [0.15, 0.2) is 5.78 Å². The van der Waals surface area contributed by atoms with Crippen LogP contribution in [0.25, 0.3) is 0 Å². The van der Waals surface area contributed by atoms with Gasteiger partial charge >= 0.3 is 0 Å². The number of aliphatic hydroxyl groups excluding tert-OH is 3. The molecule has 0 aromatic carbocycles. The zero-order valence-corrected chi connectivity index (χ0v) is 28.7. The molecule has 0 amide bonds. The van der Waals surface area contributed by atoms with Crippen molar-refractivity contribution in [1.82, 2.24) is 0 Å². The molecule has 0 aromatic rings. The van der Waals surface area contributed by atoms with Crippen LogP contribution in [-0.2, 0) is 4.79 Å². The van der Waals surface area contributed by atoms with Gasteiger partial charge in [-0.1, -0.05) is 111 Å². The van der Waals surface area contributed by atoms with Crippen molar-refractivity contribution >= 4 is 5.78 Å². The van der Waals surface area contributed by atoms with Crippen LogP contribution < -0.4 is 0 Å². The van der Waals surface area contributed by atoms with Crippen LogP contribution in [0, 0.1) is 22.7 Å². The molecule has 5 nitrogen and oxygen atoms in total. The second-order valence-electron chi connectivity index (χ2n) is 14.1. The second-order valence-corrected chi connectivity index (χ2v) is 14.1. The molecule has 45 heavy (non-hydrogen) atoms. The number of carbonyl (C=O) groups excluding carboxylic acids is 1. The minimum atomic E-state index is -1.22. The monoisotopic (exact) mass is 614 g/mol. The summed E-state index contributed by atoms with van der Waals surface area (Å²) in [6.07, 6.45) is 21.7. The molecule has 0 aliphatic heterocycles. The Labute approximate surface area is 271 Å². The number of ketones is 1. The molecule has 5 heteroatoms. The summed E-state index contributed by atoms with van der Waals surface area (Å²) in [6.45, 7) is 17.4. The third-order valence-corrected chi connectivity index (χ3v) is 8.45. The van der Waals surface area contributed by atoms with E-state index in [-0.39, 0.29) is 30.3 Å². The van der Waals surface area contributed by atoms with E-state index < -0.39 is 17.1 Å². The number of aliphatic hydroxyl groups is 4. The summed E-state index contributed by atoms with van der Waals surface area (Å²) in [6, 6.07) is 0. The minimum absolute atomic E-state index is 0.140. The van der Waals surface area contributed by atoms with Crippen LogP contribution in [0.3, 0.4) is 0 Å². The lowest BCUT2D eigenvalue weighted by atomic mass is 9.64. The minimum Gasteiger partial charge on any atom is -0.393 e. The number of rotatable bonds is 9. The van der Waals surface area contributed by atoms with E-state index in [1.165, 1.54) is 6.08 Å². The zero-order chi connectivity index (χ0) is 34.0. The molecule has 0 heterocycles. The summed E-state index contributed by atoms with van der Waals surface area (Å²) in [5, 5.41) is 40.8. The summed E-state index contributed by atoms with van der Waals surface area (Å²) in [5.74, 6) is 6.22. The van der Waals surface area contributed by atoms with Crippen molar-refractivity contribution in [3.8, 4) is 11.8 Å². The largest absolute Gasteiger partial charge is 0.393 e. The molecule has 1 saturated carbocycles. The van der Waals surface area contributed by atoms with E-state index in [0.717, 1.165) is 22.3 Å². The van der Waals surface area contributed by atoms with Gasteiger partial charge in [0.25, 0.3) is 0 Å². The van der Waals surface area contributed by atoms with Crippen LogP contribution in [0.2, 0.25) is 0 Å². The molecule has 2 aliphatic carbocycles. The Morgan fingerprint density at radius 3 is 1.91 bits per heavy atom. The van der Waals surface area contributed by atoms with Gasteiger partial charge in [-0.3, -0.25) is 4.79 Å². The molecule has 3 unspecified atom stereocenters. The SMILES string of the molecule is CC(C=CC=C(C#CC1=C(C)CC(O)CC1(C)C)CO)=CC=CC=C(C)C=CC=C(C)C(=O)C=C1C(C)(C)CC(O)CC1(C)O. The number of hydrogen-bond donors (Lipinski definition) is 4. The number of hydrogen-bond acceptors (Lipinski definition) is 5. The van der Waals surface area contributed by atoms with Gasteiger partial charge in [0, 0.05) is 23.0 Å². The third-order valence-electron chi connectivity index (χ3n) is 8.45.